The van der Waals surface area contributed by atoms with Crippen LogP contribution in [-0.4, -0.2) is 30.4 Å². The molecule has 0 saturated heterocycles. The van der Waals surface area contributed by atoms with Gasteiger partial charge in [-0.25, -0.2) is 4.79 Å². The standard InChI is InChI=1S/C16H22O4/c1-12-2-6-14(7-3-12)19-10-11-20-15-8-4-13(5-9-15)16(17)18/h4-5,8-9,12,14H,2-3,6-7,10-11H2,1H3,(H,17,18). The van der Waals surface area contributed by atoms with Gasteiger partial charge in [-0.2, -0.15) is 0 Å². The van der Waals surface area contributed by atoms with Crippen LogP contribution in [0.25, 0.3) is 0 Å². The number of carboxylic acids is 1. The average Bonchev–Trinajstić information content (AvgIpc) is 2.46. The summed E-state index contributed by atoms with van der Waals surface area (Å²) in [5.74, 6) is 0.584. The van der Waals surface area contributed by atoms with Gasteiger partial charge in [0.25, 0.3) is 0 Å². The predicted molar refractivity (Wildman–Crippen MR) is 76.3 cm³/mol. The van der Waals surface area contributed by atoms with Gasteiger partial charge in [0.05, 0.1) is 18.3 Å². The molecule has 0 aliphatic heterocycles. The van der Waals surface area contributed by atoms with Crippen molar-refractivity contribution >= 4 is 5.97 Å². The zero-order valence-electron chi connectivity index (χ0n) is 11.9. The SMILES string of the molecule is CC1CCC(OCCOc2ccc(C(=O)O)cc2)CC1. The molecule has 0 aromatic heterocycles. The molecule has 110 valence electrons. The van der Waals surface area contributed by atoms with Gasteiger partial charge in [0.1, 0.15) is 12.4 Å². The Labute approximate surface area is 119 Å². The van der Waals surface area contributed by atoms with E-state index in [1.165, 1.54) is 12.8 Å². The number of carbonyl (C=O) groups is 1. The summed E-state index contributed by atoms with van der Waals surface area (Å²) in [6.45, 7) is 3.37. The van der Waals surface area contributed by atoms with E-state index in [-0.39, 0.29) is 5.56 Å². The van der Waals surface area contributed by atoms with Crippen molar-refractivity contribution in [2.45, 2.75) is 38.7 Å². The molecule has 1 fully saturated rings. The van der Waals surface area contributed by atoms with Crippen molar-refractivity contribution in [1.29, 1.82) is 0 Å². The molecule has 2 rings (SSSR count). The third-order valence-corrected chi connectivity index (χ3v) is 3.77. The molecule has 1 saturated carbocycles. The lowest BCUT2D eigenvalue weighted by Crippen LogP contribution is -2.22. The molecule has 0 heterocycles. The van der Waals surface area contributed by atoms with Crippen LogP contribution >= 0.6 is 0 Å². The predicted octanol–water partition coefficient (Wildman–Crippen LogP) is 3.36. The van der Waals surface area contributed by atoms with Crippen LogP contribution in [0.3, 0.4) is 0 Å². The van der Waals surface area contributed by atoms with Gasteiger partial charge >= 0.3 is 5.97 Å². The van der Waals surface area contributed by atoms with Gasteiger partial charge in [0.15, 0.2) is 0 Å². The van der Waals surface area contributed by atoms with E-state index in [1.54, 1.807) is 24.3 Å². The van der Waals surface area contributed by atoms with Gasteiger partial charge in [-0.05, 0) is 55.9 Å². The van der Waals surface area contributed by atoms with Crippen molar-refractivity contribution in [2.75, 3.05) is 13.2 Å². The second-order valence-electron chi connectivity index (χ2n) is 5.43. The third kappa shape index (κ3) is 4.53. The highest BCUT2D eigenvalue weighted by Gasteiger charge is 2.18. The van der Waals surface area contributed by atoms with E-state index in [0.717, 1.165) is 18.8 Å². The minimum Gasteiger partial charge on any atom is -0.491 e. The van der Waals surface area contributed by atoms with Crippen molar-refractivity contribution in [3.05, 3.63) is 29.8 Å². The van der Waals surface area contributed by atoms with Crippen LogP contribution in [0.15, 0.2) is 24.3 Å². The Kier molecular flexibility index (Phi) is 5.41. The molecular weight excluding hydrogens is 256 g/mol. The molecule has 4 nitrogen and oxygen atoms in total. The molecule has 1 aromatic rings. The molecule has 1 N–H and O–H groups in total. The molecule has 0 radical (unpaired) electrons. The summed E-state index contributed by atoms with van der Waals surface area (Å²) in [6, 6.07) is 6.43. The third-order valence-electron chi connectivity index (χ3n) is 3.77. The van der Waals surface area contributed by atoms with E-state index in [2.05, 4.69) is 6.92 Å². The van der Waals surface area contributed by atoms with Crippen molar-refractivity contribution in [2.24, 2.45) is 5.92 Å². The van der Waals surface area contributed by atoms with Crippen LogP contribution < -0.4 is 4.74 Å². The van der Waals surface area contributed by atoms with Crippen molar-refractivity contribution in [3.8, 4) is 5.75 Å². The van der Waals surface area contributed by atoms with Gasteiger partial charge in [-0.3, -0.25) is 0 Å². The molecule has 0 unspecified atom stereocenters. The monoisotopic (exact) mass is 278 g/mol. The largest absolute Gasteiger partial charge is 0.491 e. The van der Waals surface area contributed by atoms with Gasteiger partial charge in [-0.1, -0.05) is 6.92 Å². The number of rotatable bonds is 6. The lowest BCUT2D eigenvalue weighted by Gasteiger charge is -2.26. The van der Waals surface area contributed by atoms with Gasteiger partial charge < -0.3 is 14.6 Å². The fourth-order valence-electron chi connectivity index (χ4n) is 2.46. The first kappa shape index (κ1) is 14.9. The van der Waals surface area contributed by atoms with E-state index < -0.39 is 5.97 Å². The van der Waals surface area contributed by atoms with Crippen LogP contribution in [-0.2, 0) is 4.74 Å². The average molecular weight is 278 g/mol. The van der Waals surface area contributed by atoms with Crippen LogP contribution in [0.5, 0.6) is 5.75 Å². The number of hydrogen-bond acceptors (Lipinski definition) is 3. The first-order chi connectivity index (χ1) is 9.65. The summed E-state index contributed by atoms with van der Waals surface area (Å²) in [7, 11) is 0. The maximum Gasteiger partial charge on any atom is 0.335 e. The normalized spacial score (nSPS) is 22.4. The molecular formula is C16H22O4. The molecule has 0 bridgehead atoms. The Bertz CT molecular complexity index is 419. The van der Waals surface area contributed by atoms with E-state index in [1.807, 2.05) is 0 Å². The molecule has 1 aliphatic carbocycles. The zero-order valence-corrected chi connectivity index (χ0v) is 11.9. The summed E-state index contributed by atoms with van der Waals surface area (Å²) in [6.07, 6.45) is 5.18. The lowest BCUT2D eigenvalue weighted by atomic mass is 9.89. The van der Waals surface area contributed by atoms with Crippen LogP contribution in [0.4, 0.5) is 0 Å². The first-order valence-electron chi connectivity index (χ1n) is 7.23. The Morgan fingerprint density at radius 1 is 1.15 bits per heavy atom. The maximum absolute atomic E-state index is 10.7. The molecule has 0 spiro atoms. The highest BCUT2D eigenvalue weighted by atomic mass is 16.5. The number of ether oxygens (including phenoxy) is 2. The van der Waals surface area contributed by atoms with Crippen molar-refractivity contribution < 1.29 is 19.4 Å². The Balaban J connectivity index is 1.64. The highest BCUT2D eigenvalue weighted by Crippen LogP contribution is 2.25. The fourth-order valence-corrected chi connectivity index (χ4v) is 2.46. The van der Waals surface area contributed by atoms with Crippen molar-refractivity contribution in [3.63, 3.8) is 0 Å². The summed E-state index contributed by atoms with van der Waals surface area (Å²) in [5.41, 5.74) is 0.268. The molecule has 0 amide bonds. The van der Waals surface area contributed by atoms with Crippen LogP contribution in [0.1, 0.15) is 43.0 Å². The summed E-state index contributed by atoms with van der Waals surface area (Å²) in [4.78, 5) is 10.7. The zero-order chi connectivity index (χ0) is 14.4. The van der Waals surface area contributed by atoms with Crippen molar-refractivity contribution in [1.82, 2.24) is 0 Å². The summed E-state index contributed by atoms with van der Waals surface area (Å²) >= 11 is 0. The molecule has 20 heavy (non-hydrogen) atoms. The minimum absolute atomic E-state index is 0.268. The van der Waals surface area contributed by atoms with E-state index >= 15 is 0 Å². The van der Waals surface area contributed by atoms with Crippen LogP contribution in [0.2, 0.25) is 0 Å². The molecule has 1 aromatic carbocycles. The van der Waals surface area contributed by atoms with Crippen LogP contribution in [0, 0.1) is 5.92 Å². The number of carboxylic acid groups (broad SMARTS) is 1. The maximum atomic E-state index is 10.7. The second-order valence-corrected chi connectivity index (χ2v) is 5.43. The van der Waals surface area contributed by atoms with Gasteiger partial charge in [-0.15, -0.1) is 0 Å². The summed E-state index contributed by atoms with van der Waals surface area (Å²) < 4.78 is 11.3. The number of aromatic carboxylic acids is 1. The second kappa shape index (κ2) is 7.29. The quantitative estimate of drug-likeness (QED) is 0.811. The highest BCUT2D eigenvalue weighted by molar-refractivity contribution is 5.87. The van der Waals surface area contributed by atoms with E-state index in [4.69, 9.17) is 14.6 Å². The Morgan fingerprint density at radius 3 is 2.40 bits per heavy atom. The van der Waals surface area contributed by atoms with E-state index in [0.29, 0.717) is 25.1 Å². The Morgan fingerprint density at radius 2 is 1.80 bits per heavy atom. The number of benzene rings is 1. The minimum atomic E-state index is -0.925. The fraction of sp³-hybridized carbons (Fsp3) is 0.562. The summed E-state index contributed by atoms with van der Waals surface area (Å²) in [5, 5.41) is 8.79. The molecule has 1 aliphatic rings. The lowest BCUT2D eigenvalue weighted by molar-refractivity contribution is 0.00570. The molecule has 0 atom stereocenters. The topological polar surface area (TPSA) is 55.8 Å². The molecule has 4 heteroatoms. The van der Waals surface area contributed by atoms with Gasteiger partial charge in [0, 0.05) is 0 Å². The Hall–Kier alpha value is -1.55. The van der Waals surface area contributed by atoms with Gasteiger partial charge in [0.2, 0.25) is 0 Å². The number of hydrogen-bond donors (Lipinski definition) is 1. The first-order valence-corrected chi connectivity index (χ1v) is 7.23. The smallest absolute Gasteiger partial charge is 0.335 e. The van der Waals surface area contributed by atoms with E-state index in [9.17, 15) is 4.79 Å².